The first kappa shape index (κ1) is 9.27. The van der Waals surface area contributed by atoms with Crippen molar-refractivity contribution in [3.8, 4) is 11.5 Å². The Balaban J connectivity index is 2.26. The van der Waals surface area contributed by atoms with Gasteiger partial charge in [0.1, 0.15) is 11.5 Å². The summed E-state index contributed by atoms with van der Waals surface area (Å²) in [5.41, 5.74) is 6.53. The molecule has 1 heterocycles. The molecule has 0 spiro atoms. The maximum absolute atomic E-state index is 5.67. The van der Waals surface area contributed by atoms with Gasteiger partial charge in [-0.3, -0.25) is 4.98 Å². The second-order valence-electron chi connectivity index (χ2n) is 3.34. The summed E-state index contributed by atoms with van der Waals surface area (Å²) in [6.07, 6.45) is 5.96. The standard InChI is InChI=1S/C10H14N2O2/c1-13-9-5-12-6-10(8(9)4-11)14-7-2-3-7/h5-7H,2-4,11H2,1H3. The van der Waals surface area contributed by atoms with E-state index in [1.165, 1.54) is 0 Å². The molecule has 0 amide bonds. The first-order valence-electron chi connectivity index (χ1n) is 4.72. The molecule has 0 bridgehead atoms. The van der Waals surface area contributed by atoms with Gasteiger partial charge in [0.05, 0.1) is 31.2 Å². The van der Waals surface area contributed by atoms with Gasteiger partial charge in [0, 0.05) is 6.54 Å². The molecule has 1 saturated carbocycles. The maximum atomic E-state index is 5.67. The molecule has 1 fully saturated rings. The van der Waals surface area contributed by atoms with E-state index in [1.54, 1.807) is 19.5 Å². The Kier molecular flexibility index (Phi) is 2.54. The third-order valence-corrected chi connectivity index (χ3v) is 2.22. The smallest absolute Gasteiger partial charge is 0.146 e. The van der Waals surface area contributed by atoms with Crippen molar-refractivity contribution in [1.82, 2.24) is 4.98 Å². The highest BCUT2D eigenvalue weighted by molar-refractivity contribution is 5.41. The lowest BCUT2D eigenvalue weighted by Crippen LogP contribution is -2.06. The number of pyridine rings is 1. The Labute approximate surface area is 83.0 Å². The molecule has 0 atom stereocenters. The van der Waals surface area contributed by atoms with Crippen LogP contribution in [-0.2, 0) is 6.54 Å². The molecule has 1 aliphatic carbocycles. The summed E-state index contributed by atoms with van der Waals surface area (Å²) in [6, 6.07) is 0. The number of hydrogen-bond donors (Lipinski definition) is 1. The minimum Gasteiger partial charge on any atom is -0.495 e. The van der Waals surface area contributed by atoms with Crippen molar-refractivity contribution >= 4 is 0 Å². The van der Waals surface area contributed by atoms with Gasteiger partial charge >= 0.3 is 0 Å². The Hall–Kier alpha value is -1.29. The number of nitrogens with two attached hydrogens (primary N) is 1. The third-order valence-electron chi connectivity index (χ3n) is 2.22. The van der Waals surface area contributed by atoms with Gasteiger partial charge in [0.2, 0.25) is 0 Å². The summed E-state index contributed by atoms with van der Waals surface area (Å²) in [6.45, 7) is 0.410. The van der Waals surface area contributed by atoms with E-state index in [1.807, 2.05) is 0 Å². The maximum Gasteiger partial charge on any atom is 0.146 e. The highest BCUT2D eigenvalue weighted by atomic mass is 16.5. The van der Waals surface area contributed by atoms with Gasteiger partial charge in [-0.1, -0.05) is 0 Å². The summed E-state index contributed by atoms with van der Waals surface area (Å²) in [4.78, 5) is 4.04. The fraction of sp³-hybridized carbons (Fsp3) is 0.500. The van der Waals surface area contributed by atoms with E-state index in [9.17, 15) is 0 Å². The molecular weight excluding hydrogens is 180 g/mol. The first-order valence-corrected chi connectivity index (χ1v) is 4.72. The summed E-state index contributed by atoms with van der Waals surface area (Å²) >= 11 is 0. The minimum atomic E-state index is 0.356. The van der Waals surface area contributed by atoms with Crippen molar-refractivity contribution in [3.63, 3.8) is 0 Å². The Morgan fingerprint density at radius 1 is 1.43 bits per heavy atom. The van der Waals surface area contributed by atoms with Crippen molar-refractivity contribution in [2.75, 3.05) is 7.11 Å². The lowest BCUT2D eigenvalue weighted by molar-refractivity contribution is 0.295. The Morgan fingerprint density at radius 3 is 2.71 bits per heavy atom. The lowest BCUT2D eigenvalue weighted by Gasteiger charge is -2.11. The molecule has 76 valence electrons. The number of hydrogen-bond acceptors (Lipinski definition) is 4. The van der Waals surface area contributed by atoms with Crippen molar-refractivity contribution in [3.05, 3.63) is 18.0 Å². The van der Waals surface area contributed by atoms with Crippen LogP contribution < -0.4 is 15.2 Å². The molecule has 1 aromatic rings. The molecule has 0 saturated heterocycles. The van der Waals surface area contributed by atoms with Gasteiger partial charge in [0.15, 0.2) is 0 Å². The molecule has 0 radical (unpaired) electrons. The van der Waals surface area contributed by atoms with E-state index >= 15 is 0 Å². The summed E-state index contributed by atoms with van der Waals surface area (Å²) < 4.78 is 10.8. The molecule has 4 heteroatoms. The van der Waals surface area contributed by atoms with E-state index in [4.69, 9.17) is 15.2 Å². The summed E-state index contributed by atoms with van der Waals surface area (Å²) in [7, 11) is 1.61. The summed E-state index contributed by atoms with van der Waals surface area (Å²) in [5, 5.41) is 0. The topological polar surface area (TPSA) is 57.4 Å². The third kappa shape index (κ3) is 1.80. The first-order chi connectivity index (χ1) is 6.85. The van der Waals surface area contributed by atoms with Gasteiger partial charge < -0.3 is 15.2 Å². The number of ether oxygens (including phenoxy) is 2. The number of nitrogens with zero attached hydrogens (tertiary/aromatic N) is 1. The Morgan fingerprint density at radius 2 is 2.14 bits per heavy atom. The molecular formula is C10H14N2O2. The van der Waals surface area contributed by atoms with Gasteiger partial charge in [0.25, 0.3) is 0 Å². The zero-order chi connectivity index (χ0) is 9.97. The van der Waals surface area contributed by atoms with E-state index in [0.29, 0.717) is 18.4 Å². The van der Waals surface area contributed by atoms with Gasteiger partial charge in [-0.15, -0.1) is 0 Å². The van der Waals surface area contributed by atoms with Gasteiger partial charge in [-0.25, -0.2) is 0 Å². The largest absolute Gasteiger partial charge is 0.495 e. The highest BCUT2D eigenvalue weighted by Crippen LogP contribution is 2.32. The van der Waals surface area contributed by atoms with Crippen LogP contribution in [-0.4, -0.2) is 18.2 Å². The van der Waals surface area contributed by atoms with Crippen molar-refractivity contribution in [2.24, 2.45) is 5.73 Å². The van der Waals surface area contributed by atoms with Crippen molar-refractivity contribution < 1.29 is 9.47 Å². The van der Waals surface area contributed by atoms with Crippen LogP contribution in [0.15, 0.2) is 12.4 Å². The minimum absolute atomic E-state index is 0.356. The van der Waals surface area contributed by atoms with Gasteiger partial charge in [-0.05, 0) is 12.8 Å². The SMILES string of the molecule is COc1cncc(OC2CC2)c1CN. The van der Waals surface area contributed by atoms with Crippen LogP contribution in [0.2, 0.25) is 0 Å². The second kappa shape index (κ2) is 3.84. The number of rotatable bonds is 4. The number of aromatic nitrogens is 1. The van der Waals surface area contributed by atoms with Crippen LogP contribution >= 0.6 is 0 Å². The average Bonchev–Trinajstić information content (AvgIpc) is 3.01. The highest BCUT2D eigenvalue weighted by Gasteiger charge is 2.25. The zero-order valence-corrected chi connectivity index (χ0v) is 8.19. The fourth-order valence-corrected chi connectivity index (χ4v) is 1.29. The second-order valence-corrected chi connectivity index (χ2v) is 3.34. The summed E-state index contributed by atoms with van der Waals surface area (Å²) in [5.74, 6) is 1.46. The molecule has 0 aliphatic heterocycles. The van der Waals surface area contributed by atoms with Crippen LogP contribution in [0.5, 0.6) is 11.5 Å². The average molecular weight is 194 g/mol. The van der Waals surface area contributed by atoms with Crippen LogP contribution in [0.4, 0.5) is 0 Å². The van der Waals surface area contributed by atoms with Crippen LogP contribution in [0.25, 0.3) is 0 Å². The lowest BCUT2D eigenvalue weighted by atomic mass is 10.2. The van der Waals surface area contributed by atoms with Crippen LogP contribution in [0.3, 0.4) is 0 Å². The predicted molar refractivity (Wildman–Crippen MR) is 52.3 cm³/mol. The predicted octanol–water partition coefficient (Wildman–Crippen LogP) is 1.09. The van der Waals surface area contributed by atoms with E-state index in [-0.39, 0.29) is 0 Å². The fourth-order valence-electron chi connectivity index (χ4n) is 1.29. The monoisotopic (exact) mass is 194 g/mol. The Bertz CT molecular complexity index is 324. The van der Waals surface area contributed by atoms with Crippen LogP contribution in [0, 0.1) is 0 Å². The molecule has 2 N–H and O–H groups in total. The van der Waals surface area contributed by atoms with Gasteiger partial charge in [-0.2, -0.15) is 0 Å². The molecule has 1 aromatic heterocycles. The molecule has 0 aromatic carbocycles. The molecule has 2 rings (SSSR count). The van der Waals surface area contributed by atoms with E-state index < -0.39 is 0 Å². The normalized spacial score (nSPS) is 15.3. The van der Waals surface area contributed by atoms with Crippen LogP contribution in [0.1, 0.15) is 18.4 Å². The van der Waals surface area contributed by atoms with E-state index in [2.05, 4.69) is 4.98 Å². The quantitative estimate of drug-likeness (QED) is 0.779. The van der Waals surface area contributed by atoms with Crippen molar-refractivity contribution in [1.29, 1.82) is 0 Å². The zero-order valence-electron chi connectivity index (χ0n) is 8.19. The molecule has 14 heavy (non-hydrogen) atoms. The molecule has 4 nitrogen and oxygen atoms in total. The van der Waals surface area contributed by atoms with Crippen molar-refractivity contribution in [2.45, 2.75) is 25.5 Å². The molecule has 0 unspecified atom stereocenters. The molecule has 1 aliphatic rings. The number of methoxy groups -OCH3 is 1. The van der Waals surface area contributed by atoms with E-state index in [0.717, 1.165) is 24.2 Å².